The second-order valence-corrected chi connectivity index (χ2v) is 3.49. The number of aliphatic hydroxyl groups is 1. The summed E-state index contributed by atoms with van der Waals surface area (Å²) in [7, 11) is 0. The summed E-state index contributed by atoms with van der Waals surface area (Å²) in [6.45, 7) is -2.52. The van der Waals surface area contributed by atoms with Gasteiger partial charge in [0.05, 0.1) is 6.61 Å². The molecule has 3 N–H and O–H groups in total. The molecule has 106 valence electrons. The molecule has 0 aliphatic heterocycles. The number of halogens is 3. The molecule has 18 heavy (non-hydrogen) atoms. The number of nitrogens with zero attached hydrogens (tertiary/aromatic N) is 1. The van der Waals surface area contributed by atoms with Crippen molar-refractivity contribution in [3.05, 3.63) is 0 Å². The predicted molar refractivity (Wildman–Crippen MR) is 55.0 cm³/mol. The number of amides is 2. The molecule has 0 unspecified atom stereocenters. The van der Waals surface area contributed by atoms with Crippen LogP contribution in [-0.4, -0.2) is 59.5 Å². The minimum atomic E-state index is -4.55. The summed E-state index contributed by atoms with van der Waals surface area (Å²) < 4.78 is 36.3. The number of urea groups is 1. The normalized spacial score (nSPS) is 11.1. The van der Waals surface area contributed by atoms with E-state index in [9.17, 15) is 22.8 Å². The standard InChI is InChI=1S/C9H15F3N2O4/c10-9(11,12)6-14(4-5-15)8(18)13-3-1-2-7(16)17/h15H,1-6H2,(H,13,18)(H,16,17). The maximum Gasteiger partial charge on any atom is 0.406 e. The van der Waals surface area contributed by atoms with E-state index in [1.807, 2.05) is 0 Å². The number of carboxylic acids is 1. The summed E-state index contributed by atoms with van der Waals surface area (Å²) in [6, 6.07) is -0.980. The Morgan fingerprint density at radius 2 is 1.89 bits per heavy atom. The van der Waals surface area contributed by atoms with Gasteiger partial charge >= 0.3 is 18.2 Å². The van der Waals surface area contributed by atoms with Crippen LogP contribution in [0.15, 0.2) is 0 Å². The summed E-state index contributed by atoms with van der Waals surface area (Å²) in [6.07, 6.45) is -4.60. The van der Waals surface area contributed by atoms with Crippen molar-refractivity contribution in [3.63, 3.8) is 0 Å². The average molecular weight is 272 g/mol. The van der Waals surface area contributed by atoms with Gasteiger partial charge in [0.15, 0.2) is 0 Å². The molecule has 0 aliphatic carbocycles. The van der Waals surface area contributed by atoms with Crippen LogP contribution >= 0.6 is 0 Å². The van der Waals surface area contributed by atoms with Gasteiger partial charge in [-0.2, -0.15) is 13.2 Å². The van der Waals surface area contributed by atoms with Crippen molar-refractivity contribution < 1.29 is 33.0 Å². The largest absolute Gasteiger partial charge is 0.481 e. The Morgan fingerprint density at radius 3 is 2.33 bits per heavy atom. The molecule has 9 heteroatoms. The lowest BCUT2D eigenvalue weighted by molar-refractivity contribution is -0.140. The molecule has 0 aliphatic rings. The average Bonchev–Trinajstić information content (AvgIpc) is 2.21. The second-order valence-electron chi connectivity index (χ2n) is 3.49. The topological polar surface area (TPSA) is 89.9 Å². The molecule has 0 aromatic rings. The van der Waals surface area contributed by atoms with E-state index in [1.165, 1.54) is 0 Å². The minimum absolute atomic E-state index is 0.0368. The highest BCUT2D eigenvalue weighted by Gasteiger charge is 2.32. The number of aliphatic carboxylic acids is 1. The molecule has 0 fully saturated rings. The van der Waals surface area contributed by atoms with E-state index in [2.05, 4.69) is 5.32 Å². The molecular weight excluding hydrogens is 257 g/mol. The van der Waals surface area contributed by atoms with E-state index >= 15 is 0 Å². The Labute approximate surface area is 101 Å². The summed E-state index contributed by atoms with van der Waals surface area (Å²) in [5.74, 6) is -1.05. The molecule has 0 saturated carbocycles. The van der Waals surface area contributed by atoms with E-state index in [0.29, 0.717) is 4.90 Å². The number of carbonyl (C=O) groups is 2. The van der Waals surface area contributed by atoms with Gasteiger partial charge in [0, 0.05) is 19.5 Å². The van der Waals surface area contributed by atoms with Crippen molar-refractivity contribution in [3.8, 4) is 0 Å². The van der Waals surface area contributed by atoms with Crippen molar-refractivity contribution in [2.45, 2.75) is 19.0 Å². The lowest BCUT2D eigenvalue weighted by atomic mass is 10.3. The zero-order valence-electron chi connectivity index (χ0n) is 9.53. The van der Waals surface area contributed by atoms with Gasteiger partial charge in [-0.05, 0) is 6.42 Å². The quantitative estimate of drug-likeness (QED) is 0.586. The first kappa shape index (κ1) is 16.5. The number of carbonyl (C=O) groups excluding carboxylic acids is 1. The first-order valence-electron chi connectivity index (χ1n) is 5.18. The molecule has 0 rings (SSSR count). The summed E-state index contributed by atoms with van der Waals surface area (Å²) in [5, 5.41) is 19.0. The third-order valence-electron chi connectivity index (χ3n) is 1.87. The Kier molecular flexibility index (Phi) is 7.10. The van der Waals surface area contributed by atoms with Gasteiger partial charge in [-0.25, -0.2) is 4.79 Å². The van der Waals surface area contributed by atoms with Crippen LogP contribution in [0.1, 0.15) is 12.8 Å². The van der Waals surface area contributed by atoms with E-state index in [1.54, 1.807) is 0 Å². The zero-order valence-corrected chi connectivity index (χ0v) is 9.53. The molecule has 6 nitrogen and oxygen atoms in total. The maximum atomic E-state index is 12.1. The van der Waals surface area contributed by atoms with E-state index in [4.69, 9.17) is 10.2 Å². The number of rotatable bonds is 7. The van der Waals surface area contributed by atoms with Crippen LogP contribution in [-0.2, 0) is 4.79 Å². The van der Waals surface area contributed by atoms with Crippen LogP contribution in [0.3, 0.4) is 0 Å². The number of nitrogens with one attached hydrogen (secondary N) is 1. The Hall–Kier alpha value is -1.51. The third kappa shape index (κ3) is 8.62. The molecule has 0 aromatic carbocycles. The Bertz CT molecular complexity index is 283. The number of hydrogen-bond donors (Lipinski definition) is 3. The molecule has 0 aromatic heterocycles. The van der Waals surface area contributed by atoms with Crippen molar-refractivity contribution in [2.75, 3.05) is 26.2 Å². The first-order valence-corrected chi connectivity index (χ1v) is 5.18. The number of hydrogen-bond acceptors (Lipinski definition) is 3. The number of alkyl halides is 3. The van der Waals surface area contributed by atoms with E-state index < -0.39 is 37.9 Å². The fourth-order valence-electron chi connectivity index (χ4n) is 1.14. The first-order chi connectivity index (χ1) is 8.26. The van der Waals surface area contributed by atoms with Crippen molar-refractivity contribution in [1.29, 1.82) is 0 Å². The van der Waals surface area contributed by atoms with Gasteiger partial charge in [0.25, 0.3) is 0 Å². The van der Waals surface area contributed by atoms with Gasteiger partial charge in [-0.1, -0.05) is 0 Å². The zero-order chi connectivity index (χ0) is 14.2. The number of carboxylic acid groups (broad SMARTS) is 1. The van der Waals surface area contributed by atoms with Gasteiger partial charge < -0.3 is 20.4 Å². The molecule has 0 atom stereocenters. The molecular formula is C9H15F3N2O4. The maximum absolute atomic E-state index is 12.1. The van der Waals surface area contributed by atoms with Crippen LogP contribution in [0.5, 0.6) is 0 Å². The molecule has 0 radical (unpaired) electrons. The van der Waals surface area contributed by atoms with Crippen LogP contribution in [0.4, 0.5) is 18.0 Å². The highest BCUT2D eigenvalue weighted by Crippen LogP contribution is 2.16. The molecule has 2 amide bonds. The summed E-state index contributed by atoms with van der Waals surface area (Å²) in [4.78, 5) is 21.9. The van der Waals surface area contributed by atoms with Crippen LogP contribution in [0, 0.1) is 0 Å². The smallest absolute Gasteiger partial charge is 0.406 e. The highest BCUT2D eigenvalue weighted by atomic mass is 19.4. The SMILES string of the molecule is O=C(O)CCCNC(=O)N(CCO)CC(F)(F)F. The van der Waals surface area contributed by atoms with Crippen LogP contribution in [0.25, 0.3) is 0 Å². The van der Waals surface area contributed by atoms with Crippen molar-refractivity contribution >= 4 is 12.0 Å². The lowest BCUT2D eigenvalue weighted by Crippen LogP contribution is -2.46. The van der Waals surface area contributed by atoms with Gasteiger partial charge in [-0.15, -0.1) is 0 Å². The van der Waals surface area contributed by atoms with Gasteiger partial charge in [0.1, 0.15) is 6.54 Å². The van der Waals surface area contributed by atoms with E-state index in [0.717, 1.165) is 0 Å². The Morgan fingerprint density at radius 1 is 1.28 bits per heavy atom. The summed E-state index contributed by atoms with van der Waals surface area (Å²) >= 11 is 0. The molecule has 0 saturated heterocycles. The van der Waals surface area contributed by atoms with Gasteiger partial charge in [-0.3, -0.25) is 4.79 Å². The lowest BCUT2D eigenvalue weighted by Gasteiger charge is -2.23. The van der Waals surface area contributed by atoms with Crippen molar-refractivity contribution in [1.82, 2.24) is 10.2 Å². The monoisotopic (exact) mass is 272 g/mol. The predicted octanol–water partition coefficient (Wildman–Crippen LogP) is 0.417. The van der Waals surface area contributed by atoms with Gasteiger partial charge in [0.2, 0.25) is 0 Å². The van der Waals surface area contributed by atoms with Crippen molar-refractivity contribution in [2.24, 2.45) is 0 Å². The van der Waals surface area contributed by atoms with Crippen LogP contribution in [0.2, 0.25) is 0 Å². The minimum Gasteiger partial charge on any atom is -0.481 e. The number of aliphatic hydroxyl groups excluding tert-OH is 1. The fourth-order valence-corrected chi connectivity index (χ4v) is 1.14. The molecule has 0 bridgehead atoms. The van der Waals surface area contributed by atoms with Crippen LogP contribution < -0.4 is 5.32 Å². The Balaban J connectivity index is 4.10. The highest BCUT2D eigenvalue weighted by molar-refractivity contribution is 5.74. The van der Waals surface area contributed by atoms with E-state index in [-0.39, 0.29) is 19.4 Å². The molecule has 0 spiro atoms. The molecule has 0 heterocycles. The second kappa shape index (κ2) is 7.75. The fraction of sp³-hybridized carbons (Fsp3) is 0.778. The third-order valence-corrected chi connectivity index (χ3v) is 1.87. The summed E-state index contributed by atoms with van der Waals surface area (Å²) in [5.41, 5.74) is 0.